The number of nitrogens with zero attached hydrogens (tertiary/aromatic N) is 1. The Morgan fingerprint density at radius 1 is 1.35 bits per heavy atom. The number of anilines is 1. The van der Waals surface area contributed by atoms with Gasteiger partial charge in [0.05, 0.1) is 11.8 Å². The van der Waals surface area contributed by atoms with E-state index in [4.69, 9.17) is 14.9 Å². The summed E-state index contributed by atoms with van der Waals surface area (Å²) in [6.45, 7) is 7.38. The maximum atomic E-state index is 13.7. The lowest BCUT2D eigenvalue weighted by atomic mass is 10.3. The van der Waals surface area contributed by atoms with Gasteiger partial charge >= 0.3 is 0 Å². The number of hydrogen-bond acceptors (Lipinski definition) is 5. The van der Waals surface area contributed by atoms with Crippen molar-refractivity contribution in [2.45, 2.75) is 43.9 Å². The molecule has 0 amide bonds. The van der Waals surface area contributed by atoms with Crippen LogP contribution >= 0.6 is 11.8 Å². The third-order valence-corrected chi connectivity index (χ3v) is 3.56. The van der Waals surface area contributed by atoms with Gasteiger partial charge in [0, 0.05) is 16.6 Å². The zero-order valence-corrected chi connectivity index (χ0v) is 12.7. The first-order chi connectivity index (χ1) is 9.36. The van der Waals surface area contributed by atoms with Gasteiger partial charge in [0.2, 0.25) is 0 Å². The number of rotatable bonds is 4. The average molecular weight is 296 g/mol. The van der Waals surface area contributed by atoms with Gasteiger partial charge < -0.3 is 14.9 Å². The summed E-state index contributed by atoms with van der Waals surface area (Å²) in [4.78, 5) is 4.92. The Labute approximate surface area is 121 Å². The molecule has 0 aliphatic heterocycles. The van der Waals surface area contributed by atoms with Crippen LogP contribution in [-0.4, -0.2) is 11.1 Å². The molecule has 0 radical (unpaired) electrons. The largest absolute Gasteiger partial charge is 0.488 e. The van der Waals surface area contributed by atoms with E-state index in [9.17, 15) is 4.39 Å². The van der Waals surface area contributed by atoms with Crippen molar-refractivity contribution in [3.8, 4) is 5.75 Å². The van der Waals surface area contributed by atoms with E-state index in [1.807, 2.05) is 27.7 Å². The molecule has 0 fully saturated rings. The maximum Gasteiger partial charge on any atom is 0.261 e. The molecule has 0 atom stereocenters. The van der Waals surface area contributed by atoms with Gasteiger partial charge in [-0.15, -0.1) is 0 Å². The van der Waals surface area contributed by atoms with Crippen molar-refractivity contribution in [2.75, 3.05) is 5.73 Å². The highest BCUT2D eigenvalue weighted by Gasteiger charge is 2.14. The smallest absolute Gasteiger partial charge is 0.261 e. The van der Waals surface area contributed by atoms with E-state index in [-0.39, 0.29) is 11.9 Å². The molecule has 4 nitrogen and oxygen atoms in total. The zero-order valence-electron chi connectivity index (χ0n) is 11.9. The fraction of sp³-hybridized carbons (Fsp3) is 0.357. The highest BCUT2D eigenvalue weighted by atomic mass is 32.2. The first-order valence-corrected chi connectivity index (χ1v) is 7.06. The highest BCUT2D eigenvalue weighted by molar-refractivity contribution is 7.99. The SMILES string of the molecule is Cc1nc(Sc2cc(OC(C)C)c(F)cc2N)oc1C. The fourth-order valence-corrected chi connectivity index (χ4v) is 2.44. The molecule has 0 aliphatic carbocycles. The van der Waals surface area contributed by atoms with Crippen molar-refractivity contribution >= 4 is 17.4 Å². The summed E-state index contributed by atoms with van der Waals surface area (Å²) < 4.78 is 24.6. The molecule has 0 bridgehead atoms. The van der Waals surface area contributed by atoms with Crippen molar-refractivity contribution in [3.05, 3.63) is 29.4 Å². The molecular formula is C14H17FN2O2S. The van der Waals surface area contributed by atoms with Gasteiger partial charge in [0.25, 0.3) is 5.22 Å². The molecular weight excluding hydrogens is 279 g/mol. The molecule has 1 heterocycles. The second-order valence-electron chi connectivity index (χ2n) is 4.71. The number of ether oxygens (including phenoxy) is 1. The summed E-state index contributed by atoms with van der Waals surface area (Å²) in [6, 6.07) is 2.83. The van der Waals surface area contributed by atoms with E-state index >= 15 is 0 Å². The Hall–Kier alpha value is -1.69. The van der Waals surface area contributed by atoms with Gasteiger partial charge in [0.1, 0.15) is 5.76 Å². The average Bonchev–Trinajstić information content (AvgIpc) is 2.64. The molecule has 6 heteroatoms. The predicted molar refractivity (Wildman–Crippen MR) is 76.7 cm³/mol. The number of aryl methyl sites for hydroxylation is 2. The van der Waals surface area contributed by atoms with Gasteiger partial charge in [-0.1, -0.05) is 0 Å². The number of halogens is 1. The zero-order chi connectivity index (χ0) is 14.9. The van der Waals surface area contributed by atoms with Crippen LogP contribution in [0.1, 0.15) is 25.3 Å². The van der Waals surface area contributed by atoms with Crippen LogP contribution in [0.4, 0.5) is 10.1 Å². The Morgan fingerprint density at radius 2 is 2.05 bits per heavy atom. The van der Waals surface area contributed by atoms with Crippen LogP contribution in [0.2, 0.25) is 0 Å². The second-order valence-corrected chi connectivity index (χ2v) is 5.70. The van der Waals surface area contributed by atoms with E-state index in [0.29, 0.717) is 15.8 Å². The van der Waals surface area contributed by atoms with Gasteiger partial charge in [0.15, 0.2) is 11.6 Å². The molecule has 20 heavy (non-hydrogen) atoms. The van der Waals surface area contributed by atoms with E-state index in [1.54, 1.807) is 6.07 Å². The summed E-state index contributed by atoms with van der Waals surface area (Å²) in [5.41, 5.74) is 6.98. The predicted octanol–water partition coefficient (Wildman–Crippen LogP) is 3.95. The van der Waals surface area contributed by atoms with Crippen molar-refractivity contribution < 1.29 is 13.5 Å². The number of nitrogens with two attached hydrogens (primary N) is 1. The Kier molecular flexibility index (Phi) is 4.23. The summed E-state index contributed by atoms with van der Waals surface area (Å²) >= 11 is 1.25. The molecule has 2 rings (SSSR count). The van der Waals surface area contributed by atoms with E-state index < -0.39 is 5.82 Å². The van der Waals surface area contributed by atoms with Crippen LogP contribution < -0.4 is 10.5 Å². The highest BCUT2D eigenvalue weighted by Crippen LogP contribution is 2.36. The standard InChI is InChI=1S/C14H17FN2O2S/c1-7(2)18-12-6-13(11(16)5-10(12)15)20-14-17-8(3)9(4)19-14/h5-7H,16H2,1-4H3. The minimum atomic E-state index is -0.472. The molecule has 108 valence electrons. The molecule has 0 saturated heterocycles. The van der Waals surface area contributed by atoms with Crippen molar-refractivity contribution in [1.82, 2.24) is 4.98 Å². The molecule has 0 aliphatic rings. The summed E-state index contributed by atoms with van der Waals surface area (Å²) in [7, 11) is 0. The summed E-state index contributed by atoms with van der Waals surface area (Å²) in [6.07, 6.45) is -0.114. The van der Waals surface area contributed by atoms with Crippen molar-refractivity contribution in [1.29, 1.82) is 0 Å². The molecule has 2 aromatic rings. The molecule has 1 aromatic heterocycles. The molecule has 0 spiro atoms. The molecule has 1 aromatic carbocycles. The lowest BCUT2D eigenvalue weighted by Crippen LogP contribution is -2.07. The minimum absolute atomic E-state index is 0.114. The van der Waals surface area contributed by atoms with Gasteiger partial charge in [-0.3, -0.25) is 0 Å². The maximum absolute atomic E-state index is 13.7. The third-order valence-electron chi connectivity index (χ3n) is 2.63. The lowest BCUT2D eigenvalue weighted by Gasteiger charge is -2.12. The van der Waals surface area contributed by atoms with Crippen molar-refractivity contribution in [2.24, 2.45) is 0 Å². The number of oxazole rings is 1. The van der Waals surface area contributed by atoms with Crippen LogP contribution in [0, 0.1) is 19.7 Å². The number of hydrogen-bond donors (Lipinski definition) is 1. The van der Waals surface area contributed by atoms with Gasteiger partial charge in [-0.05, 0) is 45.5 Å². The molecule has 2 N–H and O–H groups in total. The summed E-state index contributed by atoms with van der Waals surface area (Å²) in [5.74, 6) is 0.462. The quantitative estimate of drug-likeness (QED) is 0.866. The van der Waals surface area contributed by atoms with Gasteiger partial charge in [-0.2, -0.15) is 0 Å². The van der Waals surface area contributed by atoms with Crippen molar-refractivity contribution in [3.63, 3.8) is 0 Å². The number of nitrogen functional groups attached to an aromatic ring is 1. The first kappa shape index (κ1) is 14.7. The fourth-order valence-electron chi connectivity index (χ4n) is 1.56. The van der Waals surface area contributed by atoms with Crippen LogP contribution in [-0.2, 0) is 0 Å². The van der Waals surface area contributed by atoms with Crippen LogP contribution in [0.5, 0.6) is 5.75 Å². The van der Waals surface area contributed by atoms with Crippen LogP contribution in [0.25, 0.3) is 0 Å². The lowest BCUT2D eigenvalue weighted by molar-refractivity contribution is 0.230. The Morgan fingerprint density at radius 3 is 2.60 bits per heavy atom. The van der Waals surface area contributed by atoms with E-state index in [1.165, 1.54) is 17.8 Å². The monoisotopic (exact) mass is 296 g/mol. The topological polar surface area (TPSA) is 61.3 Å². The second kappa shape index (κ2) is 5.75. The first-order valence-electron chi connectivity index (χ1n) is 6.24. The Bertz CT molecular complexity index is 606. The minimum Gasteiger partial charge on any atom is -0.488 e. The Balaban J connectivity index is 2.31. The number of aromatic nitrogens is 1. The van der Waals surface area contributed by atoms with Crippen LogP contribution in [0.15, 0.2) is 26.7 Å². The van der Waals surface area contributed by atoms with E-state index in [2.05, 4.69) is 4.98 Å². The van der Waals surface area contributed by atoms with Crippen LogP contribution in [0.3, 0.4) is 0 Å². The number of benzene rings is 1. The van der Waals surface area contributed by atoms with E-state index in [0.717, 1.165) is 11.5 Å². The summed E-state index contributed by atoms with van der Waals surface area (Å²) in [5, 5.41) is 0.480. The molecule has 0 saturated carbocycles. The normalized spacial score (nSPS) is 11.1. The molecule has 0 unspecified atom stereocenters. The third kappa shape index (κ3) is 3.25. The van der Waals surface area contributed by atoms with Gasteiger partial charge in [-0.25, -0.2) is 9.37 Å².